The average molecular weight is 274 g/mol. The number of nitrogens with two attached hydrogens (primary N) is 1. The zero-order chi connectivity index (χ0) is 14.8. The lowest BCUT2D eigenvalue weighted by atomic mass is 10.1. The van der Waals surface area contributed by atoms with Crippen molar-refractivity contribution in [3.63, 3.8) is 0 Å². The van der Waals surface area contributed by atoms with E-state index in [1.54, 1.807) is 12.1 Å². The van der Waals surface area contributed by atoms with Crippen LogP contribution in [0.15, 0.2) is 54.6 Å². The molecular weight excluding hydrogens is 260 g/mol. The largest absolute Gasteiger partial charge is 0.383 e. The van der Waals surface area contributed by atoms with Gasteiger partial charge in [0.25, 0.3) is 0 Å². The van der Waals surface area contributed by atoms with E-state index in [1.165, 1.54) is 0 Å². The van der Waals surface area contributed by atoms with Gasteiger partial charge in [0.2, 0.25) is 0 Å². The Labute approximate surface area is 123 Å². The third kappa shape index (κ3) is 2.26. The van der Waals surface area contributed by atoms with Crippen LogP contribution in [0, 0.1) is 11.3 Å². The summed E-state index contributed by atoms with van der Waals surface area (Å²) in [5.41, 5.74) is 9.34. The summed E-state index contributed by atoms with van der Waals surface area (Å²) in [4.78, 5) is 4.65. The normalized spacial score (nSPS) is 10.3. The van der Waals surface area contributed by atoms with E-state index >= 15 is 0 Å². The van der Waals surface area contributed by atoms with E-state index < -0.39 is 0 Å². The van der Waals surface area contributed by atoms with Gasteiger partial charge in [0.15, 0.2) is 0 Å². The zero-order valence-electron chi connectivity index (χ0n) is 11.6. The van der Waals surface area contributed by atoms with Crippen molar-refractivity contribution in [3.8, 4) is 28.7 Å². The second kappa shape index (κ2) is 5.14. The molecule has 1 aromatic heterocycles. The predicted molar refractivity (Wildman–Crippen MR) is 83.2 cm³/mol. The first-order valence-electron chi connectivity index (χ1n) is 6.59. The van der Waals surface area contributed by atoms with Gasteiger partial charge in [-0.25, -0.2) is 4.98 Å². The van der Waals surface area contributed by atoms with Crippen LogP contribution in [0.3, 0.4) is 0 Å². The maximum Gasteiger partial charge on any atom is 0.142 e. The van der Waals surface area contributed by atoms with Gasteiger partial charge in [-0.2, -0.15) is 5.26 Å². The van der Waals surface area contributed by atoms with Crippen molar-refractivity contribution in [1.29, 1.82) is 5.26 Å². The van der Waals surface area contributed by atoms with Crippen molar-refractivity contribution in [2.24, 2.45) is 7.05 Å². The monoisotopic (exact) mass is 274 g/mol. The number of nitriles is 1. The van der Waals surface area contributed by atoms with Crippen molar-refractivity contribution in [2.45, 2.75) is 0 Å². The Kier molecular flexibility index (Phi) is 3.17. The molecule has 21 heavy (non-hydrogen) atoms. The molecular formula is C17H14N4. The van der Waals surface area contributed by atoms with Crippen molar-refractivity contribution in [3.05, 3.63) is 60.2 Å². The summed E-state index contributed by atoms with van der Waals surface area (Å²) >= 11 is 0. The van der Waals surface area contributed by atoms with Crippen LogP contribution >= 0.6 is 0 Å². The topological polar surface area (TPSA) is 67.6 Å². The van der Waals surface area contributed by atoms with E-state index in [0.29, 0.717) is 17.1 Å². The molecule has 4 heteroatoms. The Morgan fingerprint density at radius 1 is 1.05 bits per heavy atom. The van der Waals surface area contributed by atoms with E-state index in [4.69, 9.17) is 11.0 Å². The third-order valence-corrected chi connectivity index (χ3v) is 3.44. The van der Waals surface area contributed by atoms with E-state index in [0.717, 1.165) is 17.0 Å². The molecule has 0 spiro atoms. The number of nitrogen functional groups attached to an aromatic ring is 1. The Morgan fingerprint density at radius 2 is 1.76 bits per heavy atom. The fourth-order valence-corrected chi connectivity index (χ4v) is 2.31. The standard InChI is InChI=1S/C17H14N4/c1-21-16(19)15(14-9-5-6-12(10-14)11-18)20-17(21)13-7-3-2-4-8-13/h2-10H,19H2,1H3. The second-order valence-electron chi connectivity index (χ2n) is 4.79. The smallest absolute Gasteiger partial charge is 0.142 e. The molecule has 0 atom stereocenters. The van der Waals surface area contributed by atoms with Crippen LogP contribution < -0.4 is 5.73 Å². The number of hydrogen-bond acceptors (Lipinski definition) is 3. The molecule has 1 heterocycles. The summed E-state index contributed by atoms with van der Waals surface area (Å²) in [7, 11) is 1.89. The highest BCUT2D eigenvalue weighted by atomic mass is 15.1. The number of aromatic nitrogens is 2. The molecule has 0 aliphatic heterocycles. The average Bonchev–Trinajstić information content (AvgIpc) is 2.84. The van der Waals surface area contributed by atoms with E-state index in [2.05, 4.69) is 11.1 Å². The first-order valence-corrected chi connectivity index (χ1v) is 6.59. The Balaban J connectivity index is 2.15. The Bertz CT molecular complexity index is 826. The van der Waals surface area contributed by atoms with Gasteiger partial charge in [0.05, 0.1) is 11.6 Å². The minimum absolute atomic E-state index is 0.587. The Morgan fingerprint density at radius 3 is 2.48 bits per heavy atom. The van der Waals surface area contributed by atoms with Gasteiger partial charge in [0.1, 0.15) is 17.3 Å². The van der Waals surface area contributed by atoms with Crippen LogP contribution in [0.4, 0.5) is 5.82 Å². The van der Waals surface area contributed by atoms with Gasteiger partial charge in [0, 0.05) is 18.2 Å². The summed E-state index contributed by atoms with van der Waals surface area (Å²) in [5.74, 6) is 1.40. The maximum atomic E-state index is 9.01. The summed E-state index contributed by atoms with van der Waals surface area (Å²) in [6.45, 7) is 0. The molecule has 3 rings (SSSR count). The van der Waals surface area contributed by atoms with Gasteiger partial charge < -0.3 is 10.3 Å². The van der Waals surface area contributed by atoms with Gasteiger partial charge >= 0.3 is 0 Å². The van der Waals surface area contributed by atoms with Crippen LogP contribution in [-0.4, -0.2) is 9.55 Å². The molecule has 0 fully saturated rings. The molecule has 0 aliphatic rings. The molecule has 4 nitrogen and oxygen atoms in total. The van der Waals surface area contributed by atoms with E-state index in [9.17, 15) is 0 Å². The van der Waals surface area contributed by atoms with E-state index in [1.807, 2.05) is 54.1 Å². The minimum atomic E-state index is 0.587. The number of anilines is 1. The number of hydrogen-bond donors (Lipinski definition) is 1. The van der Waals surface area contributed by atoms with Crippen LogP contribution in [0.5, 0.6) is 0 Å². The Hall–Kier alpha value is -3.06. The van der Waals surface area contributed by atoms with Crippen LogP contribution in [-0.2, 0) is 7.05 Å². The minimum Gasteiger partial charge on any atom is -0.383 e. The number of nitrogens with zero attached hydrogens (tertiary/aromatic N) is 3. The van der Waals surface area contributed by atoms with Crippen LogP contribution in [0.1, 0.15) is 5.56 Å². The van der Waals surface area contributed by atoms with Crippen molar-refractivity contribution >= 4 is 5.82 Å². The molecule has 0 amide bonds. The molecule has 102 valence electrons. The van der Waals surface area contributed by atoms with E-state index in [-0.39, 0.29) is 0 Å². The fraction of sp³-hybridized carbons (Fsp3) is 0.0588. The first kappa shape index (κ1) is 12.9. The highest BCUT2D eigenvalue weighted by Crippen LogP contribution is 2.30. The highest BCUT2D eigenvalue weighted by molar-refractivity contribution is 5.76. The maximum absolute atomic E-state index is 9.01. The molecule has 0 aliphatic carbocycles. The lowest BCUT2D eigenvalue weighted by Crippen LogP contribution is -1.98. The van der Waals surface area contributed by atoms with Gasteiger partial charge in [-0.05, 0) is 12.1 Å². The van der Waals surface area contributed by atoms with Gasteiger partial charge in [-0.3, -0.25) is 0 Å². The second-order valence-corrected chi connectivity index (χ2v) is 4.79. The van der Waals surface area contributed by atoms with Crippen molar-refractivity contribution in [1.82, 2.24) is 9.55 Å². The quantitative estimate of drug-likeness (QED) is 0.780. The van der Waals surface area contributed by atoms with Crippen molar-refractivity contribution < 1.29 is 0 Å². The molecule has 3 aromatic rings. The molecule has 0 radical (unpaired) electrons. The summed E-state index contributed by atoms with van der Waals surface area (Å²) in [5, 5.41) is 9.01. The summed E-state index contributed by atoms with van der Waals surface area (Å²) < 4.78 is 1.86. The molecule has 2 N–H and O–H groups in total. The number of benzene rings is 2. The molecule has 0 bridgehead atoms. The lowest BCUT2D eigenvalue weighted by Gasteiger charge is -2.02. The zero-order valence-corrected chi connectivity index (χ0v) is 11.6. The highest BCUT2D eigenvalue weighted by Gasteiger charge is 2.15. The molecule has 0 saturated carbocycles. The number of imidazole rings is 1. The van der Waals surface area contributed by atoms with Gasteiger partial charge in [-0.15, -0.1) is 0 Å². The summed E-state index contributed by atoms with van der Waals surface area (Å²) in [6.07, 6.45) is 0. The third-order valence-electron chi connectivity index (χ3n) is 3.44. The lowest BCUT2D eigenvalue weighted by molar-refractivity contribution is 0.937. The number of rotatable bonds is 2. The summed E-state index contributed by atoms with van der Waals surface area (Å²) in [6, 6.07) is 19.3. The van der Waals surface area contributed by atoms with Crippen LogP contribution in [0.2, 0.25) is 0 Å². The van der Waals surface area contributed by atoms with Gasteiger partial charge in [-0.1, -0.05) is 42.5 Å². The fourth-order valence-electron chi connectivity index (χ4n) is 2.31. The predicted octanol–water partition coefficient (Wildman–Crippen LogP) is 3.21. The molecule has 0 saturated heterocycles. The molecule has 2 aromatic carbocycles. The first-order chi connectivity index (χ1) is 10.2. The van der Waals surface area contributed by atoms with Crippen molar-refractivity contribution in [2.75, 3.05) is 5.73 Å². The molecule has 0 unspecified atom stereocenters. The van der Waals surface area contributed by atoms with Crippen LogP contribution in [0.25, 0.3) is 22.6 Å². The SMILES string of the molecule is Cn1c(-c2ccccc2)nc(-c2cccc(C#N)c2)c1N.